The largest absolute Gasteiger partial charge is 0.461 e. The maximum atomic E-state index is 10.8. The fraction of sp³-hybridized carbons (Fsp3) is 0.182. The number of thiocarbonyl (C=S) groups is 1. The molecule has 3 nitrogen and oxygen atoms in total. The first-order valence-corrected chi connectivity index (χ1v) is 6.05. The van der Waals surface area contributed by atoms with Crippen LogP contribution >= 0.6 is 23.6 Å². The third-order valence-corrected chi connectivity index (χ3v) is 3.28. The Balaban J connectivity index is 1.99. The van der Waals surface area contributed by atoms with Crippen molar-refractivity contribution in [2.45, 2.75) is 6.42 Å². The minimum absolute atomic E-state index is 0.325. The summed E-state index contributed by atoms with van der Waals surface area (Å²) in [7, 11) is 0. The molecule has 1 heterocycles. The molecule has 0 spiro atoms. The molecular weight excluding hydrogens is 242 g/mol. The molecule has 0 aliphatic heterocycles. The predicted octanol–water partition coefficient (Wildman–Crippen LogP) is 2.38. The summed E-state index contributed by atoms with van der Waals surface area (Å²) < 4.78 is 6.01. The number of benzene rings is 1. The Morgan fingerprint density at radius 2 is 2.31 bits per heavy atom. The van der Waals surface area contributed by atoms with Crippen molar-refractivity contribution in [3.8, 4) is 0 Å². The van der Waals surface area contributed by atoms with Crippen LogP contribution < -0.4 is 0 Å². The van der Waals surface area contributed by atoms with Crippen molar-refractivity contribution in [2.75, 3.05) is 6.61 Å². The number of para-hydroxylation sites is 1. The van der Waals surface area contributed by atoms with Crippen molar-refractivity contribution in [1.82, 2.24) is 4.98 Å². The highest BCUT2D eigenvalue weighted by Gasteiger charge is 2.04. The van der Waals surface area contributed by atoms with Gasteiger partial charge in [-0.25, -0.2) is 9.78 Å². The molecule has 0 radical (unpaired) electrons. The van der Waals surface area contributed by atoms with Crippen LogP contribution in [-0.4, -0.2) is 22.9 Å². The molecule has 16 heavy (non-hydrogen) atoms. The summed E-state index contributed by atoms with van der Waals surface area (Å²) >= 11 is 6.06. The van der Waals surface area contributed by atoms with Gasteiger partial charge < -0.3 is 4.74 Å². The zero-order valence-electron chi connectivity index (χ0n) is 8.38. The van der Waals surface area contributed by atoms with E-state index in [4.69, 9.17) is 4.74 Å². The number of esters is 1. The van der Waals surface area contributed by atoms with Crippen LogP contribution in [0.5, 0.6) is 0 Å². The Morgan fingerprint density at radius 3 is 3.06 bits per heavy atom. The number of nitrogens with zero attached hydrogens (tertiary/aromatic N) is 1. The van der Waals surface area contributed by atoms with E-state index in [1.807, 2.05) is 24.3 Å². The van der Waals surface area contributed by atoms with Gasteiger partial charge in [0.25, 0.3) is 0 Å². The van der Waals surface area contributed by atoms with Gasteiger partial charge in [-0.1, -0.05) is 24.4 Å². The molecule has 0 amide bonds. The minimum Gasteiger partial charge on any atom is -0.461 e. The Hall–Kier alpha value is -1.33. The van der Waals surface area contributed by atoms with E-state index >= 15 is 0 Å². The number of hydrogen-bond donors (Lipinski definition) is 0. The van der Waals surface area contributed by atoms with Gasteiger partial charge in [0.2, 0.25) is 0 Å². The third-order valence-electron chi connectivity index (χ3n) is 1.99. The zero-order chi connectivity index (χ0) is 11.4. The van der Waals surface area contributed by atoms with Crippen molar-refractivity contribution >= 4 is 45.1 Å². The summed E-state index contributed by atoms with van der Waals surface area (Å²) in [6, 6.07) is 7.94. The molecular formula is C11H9NO2S2. The van der Waals surface area contributed by atoms with Crippen molar-refractivity contribution in [2.24, 2.45) is 0 Å². The molecule has 2 aromatic rings. The number of carbonyl (C=O) groups is 1. The topological polar surface area (TPSA) is 39.2 Å². The van der Waals surface area contributed by atoms with Crippen LogP contribution in [-0.2, 0) is 16.0 Å². The Kier molecular flexibility index (Phi) is 3.58. The molecule has 1 aromatic carbocycles. The molecule has 0 atom stereocenters. The highest BCUT2D eigenvalue weighted by molar-refractivity contribution is 7.80. The summed E-state index contributed by atoms with van der Waals surface area (Å²) in [4.78, 5) is 15.2. The second kappa shape index (κ2) is 5.14. The molecule has 5 heteroatoms. The number of aromatic nitrogens is 1. The highest BCUT2D eigenvalue weighted by atomic mass is 32.1. The van der Waals surface area contributed by atoms with Gasteiger partial charge >= 0.3 is 5.97 Å². The second-order valence-corrected chi connectivity index (χ2v) is 4.46. The Morgan fingerprint density at radius 1 is 1.50 bits per heavy atom. The molecule has 0 saturated heterocycles. The number of fused-ring (bicyclic) bond motifs is 1. The van der Waals surface area contributed by atoms with Crippen LogP contribution in [0.1, 0.15) is 5.01 Å². The van der Waals surface area contributed by atoms with E-state index < -0.39 is 5.97 Å². The molecule has 0 aliphatic rings. The normalized spacial score (nSPS) is 10.2. The van der Waals surface area contributed by atoms with Crippen LogP contribution in [0.4, 0.5) is 0 Å². The maximum absolute atomic E-state index is 10.8. The summed E-state index contributed by atoms with van der Waals surface area (Å²) in [5.41, 5.74) is 0.989. The number of hydrogen-bond acceptors (Lipinski definition) is 5. The van der Waals surface area contributed by atoms with Gasteiger partial charge in [-0.05, 0) is 12.1 Å². The first kappa shape index (κ1) is 11.2. The second-order valence-electron chi connectivity index (χ2n) is 3.11. The Bertz CT molecular complexity index is 488. The van der Waals surface area contributed by atoms with Crippen molar-refractivity contribution in [3.63, 3.8) is 0 Å². The summed E-state index contributed by atoms with van der Waals surface area (Å²) in [6.07, 6.45) is 0.633. The minimum atomic E-state index is -0.462. The highest BCUT2D eigenvalue weighted by Crippen LogP contribution is 2.21. The van der Waals surface area contributed by atoms with Gasteiger partial charge in [0.1, 0.15) is 0 Å². The summed E-state index contributed by atoms with van der Waals surface area (Å²) in [6.45, 7) is 0.325. The zero-order valence-corrected chi connectivity index (χ0v) is 10.0. The van der Waals surface area contributed by atoms with Gasteiger partial charge in [-0.15, -0.1) is 11.3 Å². The average molecular weight is 251 g/mol. The summed E-state index contributed by atoms with van der Waals surface area (Å²) in [5.74, 6) is -0.462. The van der Waals surface area contributed by atoms with E-state index in [1.54, 1.807) is 11.3 Å². The van der Waals surface area contributed by atoms with E-state index in [-0.39, 0.29) is 0 Å². The van der Waals surface area contributed by atoms with Gasteiger partial charge in [-0.3, -0.25) is 0 Å². The Labute approximate surface area is 102 Å². The molecule has 0 N–H and O–H groups in total. The lowest BCUT2D eigenvalue weighted by atomic mass is 10.3. The van der Waals surface area contributed by atoms with Crippen molar-refractivity contribution in [3.05, 3.63) is 29.3 Å². The molecule has 2 rings (SSSR count). The molecule has 82 valence electrons. The van der Waals surface area contributed by atoms with E-state index in [9.17, 15) is 4.79 Å². The van der Waals surface area contributed by atoms with E-state index in [2.05, 4.69) is 17.2 Å². The van der Waals surface area contributed by atoms with Crippen molar-refractivity contribution < 1.29 is 9.53 Å². The lowest BCUT2D eigenvalue weighted by molar-refractivity contribution is -0.134. The van der Waals surface area contributed by atoms with E-state index in [0.717, 1.165) is 20.6 Å². The molecule has 0 unspecified atom stereocenters. The predicted molar refractivity (Wildman–Crippen MR) is 67.9 cm³/mol. The summed E-state index contributed by atoms with van der Waals surface area (Å²) in [5, 5.41) is 1.97. The number of ether oxygens (including phenoxy) is 1. The number of rotatable bonds is 4. The van der Waals surface area contributed by atoms with Gasteiger partial charge in [-0.2, -0.15) is 0 Å². The molecule has 0 aliphatic carbocycles. The third kappa shape index (κ3) is 2.62. The fourth-order valence-electron chi connectivity index (χ4n) is 1.30. The smallest absolute Gasteiger partial charge is 0.341 e. The fourth-order valence-corrected chi connectivity index (χ4v) is 2.32. The number of thiazole rings is 1. The van der Waals surface area contributed by atoms with Crippen molar-refractivity contribution in [1.29, 1.82) is 0 Å². The first-order valence-electron chi connectivity index (χ1n) is 4.76. The van der Waals surface area contributed by atoms with Crippen LogP contribution in [0.2, 0.25) is 0 Å². The monoisotopic (exact) mass is 251 g/mol. The first-order chi connectivity index (χ1) is 7.79. The van der Waals surface area contributed by atoms with Crippen LogP contribution in [0, 0.1) is 0 Å². The lowest BCUT2D eigenvalue weighted by Crippen LogP contribution is -2.07. The SMILES string of the molecule is O=C(C=S)OCCc1nc2ccccc2s1. The molecule has 0 saturated carbocycles. The maximum Gasteiger partial charge on any atom is 0.341 e. The van der Waals surface area contributed by atoms with E-state index in [0.29, 0.717) is 13.0 Å². The lowest BCUT2D eigenvalue weighted by Gasteiger charge is -1.97. The molecule has 1 aromatic heterocycles. The van der Waals surface area contributed by atoms with E-state index in [1.165, 1.54) is 0 Å². The van der Waals surface area contributed by atoms with Gasteiger partial charge in [0.15, 0.2) is 0 Å². The quantitative estimate of drug-likeness (QED) is 0.618. The van der Waals surface area contributed by atoms with Crippen LogP contribution in [0.15, 0.2) is 24.3 Å². The standard InChI is InChI=1S/C11H9NO2S2/c13-11(7-15)14-6-5-10-12-8-3-1-2-4-9(8)16-10/h1-4,7H,5-6H2. The molecule has 0 fully saturated rings. The van der Waals surface area contributed by atoms with Gasteiger partial charge in [0, 0.05) is 6.42 Å². The molecule has 0 bridgehead atoms. The van der Waals surface area contributed by atoms with Gasteiger partial charge in [0.05, 0.1) is 27.2 Å². The number of carbonyl (C=O) groups excluding carboxylic acids is 1. The average Bonchev–Trinajstić information content (AvgIpc) is 2.71. The van der Waals surface area contributed by atoms with Crippen LogP contribution in [0.25, 0.3) is 10.2 Å². The van der Waals surface area contributed by atoms with Crippen LogP contribution in [0.3, 0.4) is 0 Å².